The van der Waals surface area contributed by atoms with Crippen LogP contribution in [-0.4, -0.2) is 74.7 Å². The van der Waals surface area contributed by atoms with Crippen molar-refractivity contribution in [2.24, 2.45) is 21.6 Å². The summed E-state index contributed by atoms with van der Waals surface area (Å²) < 4.78 is 6.20. The van der Waals surface area contributed by atoms with Crippen molar-refractivity contribution < 1.29 is 19.1 Å². The summed E-state index contributed by atoms with van der Waals surface area (Å²) in [5.74, 6) is 0.144. The van der Waals surface area contributed by atoms with E-state index in [-0.39, 0.29) is 55.5 Å². The van der Waals surface area contributed by atoms with Crippen molar-refractivity contribution in [3.05, 3.63) is 185 Å². The predicted octanol–water partition coefficient (Wildman–Crippen LogP) is 7.34. The summed E-state index contributed by atoms with van der Waals surface area (Å²) in [7, 11) is 0. The Morgan fingerprint density at radius 2 is 1.60 bits per heavy atom. The number of nitrogens with two attached hydrogens (primary N) is 1. The predicted molar refractivity (Wildman–Crippen MR) is 253 cm³/mol. The number of aromatic nitrogens is 3. The highest BCUT2D eigenvalue weighted by molar-refractivity contribution is 6.32. The van der Waals surface area contributed by atoms with E-state index >= 15 is 0 Å². The van der Waals surface area contributed by atoms with Gasteiger partial charge in [0.15, 0.2) is 0 Å². The van der Waals surface area contributed by atoms with Crippen molar-refractivity contribution in [1.29, 1.82) is 0 Å². The monoisotopic (exact) mass is 865 g/mol. The average molecular weight is 866 g/mol. The standard InChI is InChI=1S/C52H51N9O4/c1-2-4-33(19-25-53)49-38-9-11-40(57-38)50(34-5-7-37(8-6-34)65-32-3-26-56-46(62)24-31-61-47(63)17-18-48(61)64)41-12-14-43(59-41)52(36-22-29-55-30-23-36)45-16-15-44(60-45)51(35-20-27-54-28-21-35)42-13-10-39(49)58-42/h4-5,7,9-16,19-23,25,27-30,41,50,58-59H,2-3,6,8,17-18,24,26,31-32,53H2,1H3,(H,56,62)/b25-19-,33-4+,49-38?,51-44-,52-43-. The van der Waals surface area contributed by atoms with Crippen LogP contribution in [0.3, 0.4) is 0 Å². The Morgan fingerprint density at radius 3 is 2.32 bits per heavy atom. The molecule has 9 rings (SSSR count). The number of carbonyl (C=O) groups is 3. The Kier molecular flexibility index (Phi) is 12.7. The van der Waals surface area contributed by atoms with Gasteiger partial charge < -0.3 is 26.1 Å². The van der Waals surface area contributed by atoms with E-state index in [1.165, 1.54) is 10.5 Å². The van der Waals surface area contributed by atoms with Crippen LogP contribution in [0, 0.1) is 5.92 Å². The lowest BCUT2D eigenvalue weighted by Crippen LogP contribution is -2.36. The number of allylic oxidation sites excluding steroid dienone is 13. The molecular weight excluding hydrogens is 815 g/mol. The van der Waals surface area contributed by atoms with Crippen LogP contribution in [0.2, 0.25) is 0 Å². The Balaban J connectivity index is 1.05. The molecule has 6 aliphatic rings. The summed E-state index contributed by atoms with van der Waals surface area (Å²) in [6, 6.07) is 12.1. The third-order valence-corrected chi connectivity index (χ3v) is 12.2. The number of nitrogens with zero attached hydrogens (tertiary/aromatic N) is 5. The van der Waals surface area contributed by atoms with Gasteiger partial charge in [0.05, 0.1) is 41.2 Å². The van der Waals surface area contributed by atoms with E-state index in [1.54, 1.807) is 18.6 Å². The molecule has 13 heteroatoms. The van der Waals surface area contributed by atoms with Gasteiger partial charge in [0.2, 0.25) is 17.7 Å². The number of hydrogen-bond acceptors (Lipinski definition) is 10. The fraction of sp³-hybridized carbons (Fsp3) is 0.250. The topological polar surface area (TPSA) is 180 Å². The number of rotatable bonds is 14. The van der Waals surface area contributed by atoms with Crippen LogP contribution < -0.4 is 16.4 Å². The minimum absolute atomic E-state index is 0.0941. The van der Waals surface area contributed by atoms with Gasteiger partial charge in [-0.2, -0.15) is 0 Å². The zero-order valence-electron chi connectivity index (χ0n) is 36.3. The highest BCUT2D eigenvalue weighted by atomic mass is 16.5. The van der Waals surface area contributed by atoms with E-state index < -0.39 is 0 Å². The van der Waals surface area contributed by atoms with Crippen LogP contribution in [0.15, 0.2) is 172 Å². The molecule has 0 radical (unpaired) electrons. The van der Waals surface area contributed by atoms with Gasteiger partial charge in [0, 0.05) is 103 Å². The summed E-state index contributed by atoms with van der Waals surface area (Å²) >= 11 is 0. The number of carbonyl (C=O) groups excluding carboxylic acids is 3. The fourth-order valence-electron chi connectivity index (χ4n) is 9.08. The van der Waals surface area contributed by atoms with Crippen LogP contribution >= 0.6 is 0 Å². The van der Waals surface area contributed by atoms with Gasteiger partial charge >= 0.3 is 0 Å². The molecule has 3 aromatic rings. The first-order chi connectivity index (χ1) is 31.9. The third-order valence-electron chi connectivity index (χ3n) is 12.2. The molecule has 0 spiro atoms. The molecular formula is C52H51N9O4. The molecule has 65 heavy (non-hydrogen) atoms. The molecule has 2 atom stereocenters. The number of aliphatic imine (C=N–C) groups is 2. The summed E-state index contributed by atoms with van der Waals surface area (Å²) in [5.41, 5.74) is 19.3. The van der Waals surface area contributed by atoms with Crippen molar-refractivity contribution in [2.75, 3.05) is 19.7 Å². The fourth-order valence-corrected chi connectivity index (χ4v) is 9.08. The van der Waals surface area contributed by atoms with E-state index in [0.29, 0.717) is 26.0 Å². The average Bonchev–Trinajstić information content (AvgIpc) is 4.20. The molecule has 0 saturated carbocycles. The molecule has 0 aromatic carbocycles. The van der Waals surface area contributed by atoms with Crippen molar-refractivity contribution >= 4 is 45.9 Å². The second-order valence-electron chi connectivity index (χ2n) is 16.3. The summed E-state index contributed by atoms with van der Waals surface area (Å²) in [4.78, 5) is 60.6. The van der Waals surface area contributed by atoms with Crippen molar-refractivity contribution in [3.8, 4) is 0 Å². The lowest BCUT2D eigenvalue weighted by molar-refractivity contribution is -0.138. The number of nitrogens with one attached hydrogen (secondary N) is 3. The Morgan fingerprint density at radius 1 is 0.862 bits per heavy atom. The highest BCUT2D eigenvalue weighted by Crippen LogP contribution is 2.40. The van der Waals surface area contributed by atoms with Crippen molar-refractivity contribution in [1.82, 2.24) is 30.5 Å². The molecule has 3 amide bonds. The number of aromatic amines is 1. The first kappa shape index (κ1) is 42.6. The van der Waals surface area contributed by atoms with Crippen LogP contribution in [0.1, 0.15) is 74.4 Å². The zero-order chi connectivity index (χ0) is 44.7. The van der Waals surface area contributed by atoms with Gasteiger partial charge in [0.1, 0.15) is 0 Å². The highest BCUT2D eigenvalue weighted by Gasteiger charge is 2.34. The summed E-state index contributed by atoms with van der Waals surface area (Å²) in [6.45, 7) is 3.11. The lowest BCUT2D eigenvalue weighted by Gasteiger charge is -2.28. The molecule has 5 N–H and O–H groups in total. The smallest absolute Gasteiger partial charge is 0.229 e. The number of fused-ring (bicyclic) bond motifs is 6. The molecule has 1 saturated heterocycles. The summed E-state index contributed by atoms with van der Waals surface area (Å²) in [5, 5.41) is 6.80. The van der Waals surface area contributed by atoms with E-state index in [4.69, 9.17) is 20.5 Å². The molecule has 3 aromatic heterocycles. The van der Waals surface area contributed by atoms with Gasteiger partial charge in [-0.1, -0.05) is 30.7 Å². The third kappa shape index (κ3) is 9.21. The van der Waals surface area contributed by atoms with E-state index in [9.17, 15) is 14.4 Å². The quantitative estimate of drug-likeness (QED) is 0.0738. The lowest BCUT2D eigenvalue weighted by atomic mass is 9.83. The Hall–Kier alpha value is -7.67. The largest absolute Gasteiger partial charge is 0.498 e. The maximum absolute atomic E-state index is 12.4. The maximum Gasteiger partial charge on any atom is 0.229 e. The number of likely N-dealkylation sites (tertiary alicyclic amines) is 1. The van der Waals surface area contributed by atoms with Gasteiger partial charge in [-0.25, -0.2) is 4.99 Å². The van der Waals surface area contributed by atoms with Crippen molar-refractivity contribution in [2.45, 2.75) is 57.9 Å². The molecule has 8 heterocycles. The minimum Gasteiger partial charge on any atom is -0.498 e. The number of H-pyrrole nitrogens is 1. The first-order valence-electron chi connectivity index (χ1n) is 22.3. The maximum atomic E-state index is 12.4. The molecule has 5 aliphatic heterocycles. The van der Waals surface area contributed by atoms with Gasteiger partial charge in [-0.15, -0.1) is 0 Å². The van der Waals surface area contributed by atoms with Gasteiger partial charge in [-0.05, 0) is 121 Å². The molecule has 328 valence electrons. The first-order valence-corrected chi connectivity index (χ1v) is 22.3. The number of ether oxygens (including phenoxy) is 1. The Labute approximate surface area is 378 Å². The van der Waals surface area contributed by atoms with Crippen LogP contribution in [-0.2, 0) is 19.1 Å². The summed E-state index contributed by atoms with van der Waals surface area (Å²) in [6.07, 6.45) is 33.4. The van der Waals surface area contributed by atoms with Crippen LogP contribution in [0.4, 0.5) is 0 Å². The second kappa shape index (κ2) is 19.4. The second-order valence-corrected chi connectivity index (χ2v) is 16.3. The van der Waals surface area contributed by atoms with E-state index in [1.807, 2.05) is 42.7 Å². The molecule has 1 aliphatic carbocycles. The Bertz CT molecular complexity index is 2760. The van der Waals surface area contributed by atoms with E-state index in [0.717, 1.165) is 91.9 Å². The van der Waals surface area contributed by atoms with E-state index in [2.05, 4.69) is 99.3 Å². The van der Waals surface area contributed by atoms with Gasteiger partial charge in [0.25, 0.3) is 0 Å². The van der Waals surface area contributed by atoms with Crippen LogP contribution in [0.25, 0.3) is 16.7 Å². The normalized spacial score (nSPS) is 22.7. The van der Waals surface area contributed by atoms with Crippen molar-refractivity contribution in [3.63, 3.8) is 0 Å². The molecule has 2 unspecified atom stereocenters. The number of hydrogen-bond donors (Lipinski definition) is 4. The minimum atomic E-state index is -0.211. The number of amides is 3. The zero-order valence-corrected chi connectivity index (χ0v) is 36.3. The van der Waals surface area contributed by atoms with Crippen LogP contribution in [0.5, 0.6) is 0 Å². The molecule has 8 bridgehead atoms. The molecule has 13 nitrogen and oxygen atoms in total. The number of imide groups is 1. The number of pyridine rings is 2. The molecule has 1 fully saturated rings. The SMILES string of the molecule is CC/C=C(\C=C/N)C1=C2C=CC(=N2)C(C2=CC=C(OCCCNC(=O)CCN3C(=O)CCC3=O)CC2)C2C=C/C(=C(\c3ccncc3)C3=N/C(=C(/c4ccncc4)c4ccc1[nH]4)C=C3)N2. The van der Waals surface area contributed by atoms with Gasteiger partial charge in [-0.3, -0.25) is 34.2 Å².